The lowest BCUT2D eigenvalue weighted by Gasteiger charge is -2.37. The molecule has 0 saturated carbocycles. The van der Waals surface area contributed by atoms with Gasteiger partial charge in [-0.15, -0.1) is 0 Å². The molecule has 2 aromatic carbocycles. The van der Waals surface area contributed by atoms with Crippen molar-refractivity contribution in [3.8, 4) is 0 Å². The number of para-hydroxylation sites is 2. The lowest BCUT2D eigenvalue weighted by Crippen LogP contribution is -2.49. The SMILES string of the molecule is CN1[C@@H]2CC[C@H]1CC(NCC(=O)N1c3ccccc3Sc3ccccc31)C2. The largest absolute Gasteiger partial charge is 0.305 e. The third-order valence-corrected chi connectivity index (χ3v) is 7.45. The number of carbonyl (C=O) groups excluding carboxylic acids is 1. The molecule has 3 atom stereocenters. The Kier molecular flexibility index (Phi) is 4.46. The zero-order valence-electron chi connectivity index (χ0n) is 15.6. The normalized spacial score (nSPS) is 26.6. The van der Waals surface area contributed by atoms with Gasteiger partial charge in [0.1, 0.15) is 0 Å². The molecule has 27 heavy (non-hydrogen) atoms. The molecular weight excluding hydrogens is 354 g/mol. The Bertz CT molecular complexity index is 811. The minimum atomic E-state index is 0.126. The Hall–Kier alpha value is -1.82. The van der Waals surface area contributed by atoms with Crippen LogP contribution in [-0.4, -0.2) is 42.5 Å². The van der Waals surface area contributed by atoms with Crippen LogP contribution in [0.5, 0.6) is 0 Å². The van der Waals surface area contributed by atoms with Crippen LogP contribution in [0.25, 0.3) is 0 Å². The summed E-state index contributed by atoms with van der Waals surface area (Å²) in [6.07, 6.45) is 4.92. The number of carbonyl (C=O) groups is 1. The van der Waals surface area contributed by atoms with Gasteiger partial charge in [-0.05, 0) is 57.0 Å². The lowest BCUT2D eigenvalue weighted by molar-refractivity contribution is -0.117. The van der Waals surface area contributed by atoms with Crippen LogP contribution in [0.2, 0.25) is 0 Å². The van der Waals surface area contributed by atoms with Crippen LogP contribution in [0.15, 0.2) is 58.3 Å². The van der Waals surface area contributed by atoms with Gasteiger partial charge in [0.05, 0.1) is 17.9 Å². The minimum Gasteiger partial charge on any atom is -0.305 e. The molecule has 2 fully saturated rings. The molecule has 2 bridgehead atoms. The number of hydrogen-bond acceptors (Lipinski definition) is 4. The summed E-state index contributed by atoms with van der Waals surface area (Å²) in [7, 11) is 2.25. The number of fused-ring (bicyclic) bond motifs is 4. The topological polar surface area (TPSA) is 35.6 Å². The molecule has 0 aromatic heterocycles. The molecule has 1 unspecified atom stereocenters. The summed E-state index contributed by atoms with van der Waals surface area (Å²) in [6, 6.07) is 18.2. The molecule has 1 N–H and O–H groups in total. The standard InChI is InChI=1S/C22H25N3OS/c1-24-16-10-11-17(24)13-15(12-16)23-14-22(26)25-18-6-2-4-8-20(18)27-21-9-5-3-7-19(21)25/h2-9,15-17,23H,10-14H2,1H3/t15?,16-,17+. The molecular formula is C22H25N3OS. The summed E-state index contributed by atoms with van der Waals surface area (Å²) in [4.78, 5) is 20.0. The molecule has 3 aliphatic rings. The maximum Gasteiger partial charge on any atom is 0.245 e. The van der Waals surface area contributed by atoms with Gasteiger partial charge in [-0.3, -0.25) is 9.69 Å². The Balaban J connectivity index is 1.35. The van der Waals surface area contributed by atoms with Crippen LogP contribution in [0.3, 0.4) is 0 Å². The van der Waals surface area contributed by atoms with Crippen molar-refractivity contribution >= 4 is 29.0 Å². The molecule has 1 amide bonds. The average molecular weight is 380 g/mol. The number of amides is 1. The summed E-state index contributed by atoms with van der Waals surface area (Å²) in [6.45, 7) is 0.390. The molecule has 140 valence electrons. The number of nitrogens with one attached hydrogen (secondary N) is 1. The summed E-state index contributed by atoms with van der Waals surface area (Å²) in [5, 5.41) is 3.58. The van der Waals surface area contributed by atoms with Gasteiger partial charge in [-0.1, -0.05) is 36.0 Å². The first-order chi connectivity index (χ1) is 13.2. The van der Waals surface area contributed by atoms with Gasteiger partial charge in [0.15, 0.2) is 0 Å². The van der Waals surface area contributed by atoms with Crippen molar-refractivity contribution in [1.29, 1.82) is 0 Å². The van der Waals surface area contributed by atoms with Crippen molar-refractivity contribution in [3.05, 3.63) is 48.5 Å². The number of benzene rings is 2. The summed E-state index contributed by atoms with van der Waals surface area (Å²) >= 11 is 1.74. The highest BCUT2D eigenvalue weighted by Crippen LogP contribution is 2.47. The molecule has 3 heterocycles. The Morgan fingerprint density at radius 3 is 2.15 bits per heavy atom. The van der Waals surface area contributed by atoms with E-state index in [9.17, 15) is 4.79 Å². The Labute approximate surface area is 164 Å². The smallest absolute Gasteiger partial charge is 0.245 e. The average Bonchev–Trinajstić information content (AvgIpc) is 2.91. The van der Waals surface area contributed by atoms with Crippen LogP contribution in [0.4, 0.5) is 11.4 Å². The highest BCUT2D eigenvalue weighted by Gasteiger charge is 2.38. The fourth-order valence-corrected chi connectivity index (χ4v) is 5.92. The summed E-state index contributed by atoms with van der Waals surface area (Å²) < 4.78 is 0. The zero-order valence-corrected chi connectivity index (χ0v) is 16.4. The fourth-order valence-electron chi connectivity index (χ4n) is 4.86. The number of piperidine rings is 1. The van der Waals surface area contributed by atoms with E-state index in [1.54, 1.807) is 11.8 Å². The third-order valence-electron chi connectivity index (χ3n) is 6.32. The molecule has 0 spiro atoms. The van der Waals surface area contributed by atoms with E-state index in [2.05, 4.69) is 29.4 Å². The van der Waals surface area contributed by atoms with Gasteiger partial charge >= 0.3 is 0 Å². The summed E-state index contributed by atoms with van der Waals surface area (Å²) in [5.74, 6) is 0.126. The molecule has 2 saturated heterocycles. The van der Waals surface area contributed by atoms with Crippen molar-refractivity contribution in [3.63, 3.8) is 0 Å². The number of hydrogen-bond donors (Lipinski definition) is 1. The molecule has 3 aliphatic heterocycles. The minimum absolute atomic E-state index is 0.126. The van der Waals surface area contributed by atoms with Gasteiger partial charge in [0, 0.05) is 27.9 Å². The van der Waals surface area contributed by atoms with E-state index in [1.807, 2.05) is 41.3 Å². The van der Waals surface area contributed by atoms with Crippen molar-refractivity contribution in [2.24, 2.45) is 0 Å². The van der Waals surface area contributed by atoms with Crippen molar-refractivity contribution in [2.45, 2.75) is 53.6 Å². The first-order valence-electron chi connectivity index (χ1n) is 9.85. The van der Waals surface area contributed by atoms with Gasteiger partial charge < -0.3 is 10.2 Å². The first-order valence-corrected chi connectivity index (χ1v) is 10.7. The monoisotopic (exact) mass is 379 g/mol. The number of rotatable bonds is 3. The maximum absolute atomic E-state index is 13.3. The third kappa shape index (κ3) is 3.08. The van der Waals surface area contributed by atoms with E-state index in [1.165, 1.54) is 12.8 Å². The predicted molar refractivity (Wildman–Crippen MR) is 110 cm³/mol. The van der Waals surface area contributed by atoms with Crippen LogP contribution >= 0.6 is 11.8 Å². The second-order valence-electron chi connectivity index (χ2n) is 7.87. The van der Waals surface area contributed by atoms with Crippen molar-refractivity contribution < 1.29 is 4.79 Å². The second-order valence-corrected chi connectivity index (χ2v) is 8.95. The quantitative estimate of drug-likeness (QED) is 0.873. The highest BCUT2D eigenvalue weighted by molar-refractivity contribution is 7.99. The van der Waals surface area contributed by atoms with E-state index in [4.69, 9.17) is 0 Å². The van der Waals surface area contributed by atoms with Gasteiger partial charge in [-0.25, -0.2) is 0 Å². The Morgan fingerprint density at radius 2 is 1.56 bits per heavy atom. The number of nitrogens with zero attached hydrogens (tertiary/aromatic N) is 2. The molecule has 4 nitrogen and oxygen atoms in total. The van der Waals surface area contributed by atoms with Crippen LogP contribution in [0.1, 0.15) is 25.7 Å². The lowest BCUT2D eigenvalue weighted by atomic mass is 9.98. The van der Waals surface area contributed by atoms with Crippen LogP contribution in [0, 0.1) is 0 Å². The zero-order chi connectivity index (χ0) is 18.4. The van der Waals surface area contributed by atoms with E-state index in [0.29, 0.717) is 24.7 Å². The Morgan fingerprint density at radius 1 is 1.00 bits per heavy atom. The predicted octanol–water partition coefficient (Wildman–Crippen LogP) is 4.03. The van der Waals surface area contributed by atoms with Crippen molar-refractivity contribution in [1.82, 2.24) is 10.2 Å². The van der Waals surface area contributed by atoms with E-state index < -0.39 is 0 Å². The highest BCUT2D eigenvalue weighted by atomic mass is 32.2. The van der Waals surface area contributed by atoms with Gasteiger partial charge in [-0.2, -0.15) is 0 Å². The van der Waals surface area contributed by atoms with E-state index in [-0.39, 0.29) is 5.91 Å². The van der Waals surface area contributed by atoms with Crippen LogP contribution < -0.4 is 10.2 Å². The second kappa shape index (κ2) is 6.97. The first kappa shape index (κ1) is 17.3. The number of anilines is 2. The maximum atomic E-state index is 13.3. The van der Waals surface area contributed by atoms with Crippen molar-refractivity contribution in [2.75, 3.05) is 18.5 Å². The van der Waals surface area contributed by atoms with E-state index >= 15 is 0 Å². The van der Waals surface area contributed by atoms with Gasteiger partial charge in [0.25, 0.3) is 0 Å². The van der Waals surface area contributed by atoms with Gasteiger partial charge in [0.2, 0.25) is 5.91 Å². The summed E-state index contributed by atoms with van der Waals surface area (Å²) in [5.41, 5.74) is 1.99. The molecule has 5 rings (SSSR count). The molecule has 2 aromatic rings. The molecule has 0 aliphatic carbocycles. The molecule has 5 heteroatoms. The van der Waals surface area contributed by atoms with E-state index in [0.717, 1.165) is 34.0 Å². The van der Waals surface area contributed by atoms with Crippen LogP contribution in [-0.2, 0) is 4.79 Å². The fraction of sp³-hybridized carbons (Fsp3) is 0.409. The molecule has 0 radical (unpaired) electrons.